The molecule has 0 unspecified atom stereocenters. The van der Waals surface area contributed by atoms with Crippen molar-refractivity contribution in [3.63, 3.8) is 0 Å². The van der Waals surface area contributed by atoms with Gasteiger partial charge in [-0.2, -0.15) is 8.78 Å². The Morgan fingerprint density at radius 1 is 1.36 bits per heavy atom. The van der Waals surface area contributed by atoms with E-state index in [9.17, 15) is 22.0 Å². The van der Waals surface area contributed by atoms with Crippen molar-refractivity contribution in [2.75, 3.05) is 18.9 Å². The minimum absolute atomic E-state index is 0.0278. The molecule has 1 aromatic heterocycles. The summed E-state index contributed by atoms with van der Waals surface area (Å²) in [5.74, 6) is -4.05. The van der Waals surface area contributed by atoms with Gasteiger partial charge in [0.25, 0.3) is 0 Å². The van der Waals surface area contributed by atoms with Gasteiger partial charge in [0.1, 0.15) is 0 Å². The van der Waals surface area contributed by atoms with Crippen molar-refractivity contribution in [2.45, 2.75) is 24.1 Å². The number of carbonyl (C=O) groups excluding carboxylic acids is 1. The van der Waals surface area contributed by atoms with E-state index in [1.165, 1.54) is 29.5 Å². The van der Waals surface area contributed by atoms with Crippen LogP contribution in [0.25, 0.3) is 0 Å². The first kappa shape index (κ1) is 19.4. The SMILES string of the molecule is Cc1ncc(CN(C)CC(=O)Nc2ccccc2S(=O)(=O)C(F)F)s1. The number of para-hydroxylation sites is 1. The standard InChI is InChI=1S/C15H17F2N3O3S2/c1-10-18-7-11(24-10)8-20(2)9-14(21)19-12-5-3-4-6-13(12)25(22,23)15(16)17/h3-7,15H,8-9H2,1-2H3,(H,19,21). The van der Waals surface area contributed by atoms with E-state index in [2.05, 4.69) is 10.3 Å². The van der Waals surface area contributed by atoms with Gasteiger partial charge in [0.2, 0.25) is 15.7 Å². The number of alkyl halides is 2. The number of nitrogens with one attached hydrogen (secondary N) is 1. The van der Waals surface area contributed by atoms with Crippen molar-refractivity contribution in [3.8, 4) is 0 Å². The van der Waals surface area contributed by atoms with Crippen LogP contribution in [-0.4, -0.2) is 43.6 Å². The third-order valence-corrected chi connectivity index (χ3v) is 5.55. The Morgan fingerprint density at radius 3 is 2.64 bits per heavy atom. The van der Waals surface area contributed by atoms with Crippen molar-refractivity contribution in [1.29, 1.82) is 0 Å². The lowest BCUT2D eigenvalue weighted by molar-refractivity contribution is -0.117. The fourth-order valence-electron chi connectivity index (χ4n) is 2.15. The van der Waals surface area contributed by atoms with Crippen molar-refractivity contribution >= 4 is 32.8 Å². The predicted octanol–water partition coefficient (Wildman–Crippen LogP) is 2.52. The topological polar surface area (TPSA) is 79.4 Å². The first-order valence-electron chi connectivity index (χ1n) is 7.21. The highest BCUT2D eigenvalue weighted by Crippen LogP contribution is 2.26. The molecule has 6 nitrogen and oxygen atoms in total. The van der Waals surface area contributed by atoms with Gasteiger partial charge < -0.3 is 5.32 Å². The number of nitrogens with zero attached hydrogens (tertiary/aromatic N) is 2. The van der Waals surface area contributed by atoms with Crippen molar-refractivity contribution in [2.24, 2.45) is 0 Å². The summed E-state index contributed by atoms with van der Waals surface area (Å²) in [6, 6.07) is 5.10. The molecule has 0 aliphatic carbocycles. The first-order chi connectivity index (χ1) is 11.7. The highest BCUT2D eigenvalue weighted by Gasteiger charge is 2.29. The number of aromatic nitrogens is 1. The van der Waals surface area contributed by atoms with Gasteiger partial charge in [-0.05, 0) is 26.1 Å². The maximum absolute atomic E-state index is 12.8. The van der Waals surface area contributed by atoms with Crippen LogP contribution in [0.5, 0.6) is 0 Å². The highest BCUT2D eigenvalue weighted by atomic mass is 32.2. The molecule has 0 radical (unpaired) electrons. The molecule has 0 saturated carbocycles. The predicted molar refractivity (Wildman–Crippen MR) is 91.4 cm³/mol. The van der Waals surface area contributed by atoms with E-state index in [0.717, 1.165) is 16.0 Å². The fraction of sp³-hybridized carbons (Fsp3) is 0.333. The molecule has 1 heterocycles. The Morgan fingerprint density at radius 2 is 2.04 bits per heavy atom. The average Bonchev–Trinajstić information content (AvgIpc) is 2.92. The second-order valence-corrected chi connectivity index (χ2v) is 8.57. The number of sulfone groups is 1. The normalized spacial score (nSPS) is 11.9. The number of thiazole rings is 1. The molecule has 136 valence electrons. The van der Waals surface area contributed by atoms with Crippen LogP contribution < -0.4 is 5.32 Å². The van der Waals surface area contributed by atoms with E-state index in [1.54, 1.807) is 18.1 Å². The molecule has 0 atom stereocenters. The average molecular weight is 389 g/mol. The summed E-state index contributed by atoms with van der Waals surface area (Å²) < 4.78 is 48.9. The van der Waals surface area contributed by atoms with Gasteiger partial charge in [-0.25, -0.2) is 13.4 Å². The van der Waals surface area contributed by atoms with Gasteiger partial charge in [0, 0.05) is 17.6 Å². The van der Waals surface area contributed by atoms with E-state index < -0.39 is 26.4 Å². The van der Waals surface area contributed by atoms with Crippen LogP contribution in [0.2, 0.25) is 0 Å². The lowest BCUT2D eigenvalue weighted by atomic mass is 10.3. The quantitative estimate of drug-likeness (QED) is 0.787. The summed E-state index contributed by atoms with van der Waals surface area (Å²) in [7, 11) is -3.08. The minimum Gasteiger partial charge on any atom is -0.324 e. The number of rotatable bonds is 7. The third-order valence-electron chi connectivity index (χ3n) is 3.21. The van der Waals surface area contributed by atoms with Crippen LogP contribution in [0, 0.1) is 6.92 Å². The van der Waals surface area contributed by atoms with Crippen molar-refractivity contribution < 1.29 is 22.0 Å². The number of amides is 1. The van der Waals surface area contributed by atoms with Gasteiger partial charge in [-0.1, -0.05) is 12.1 Å². The number of aryl methyl sites for hydroxylation is 1. The zero-order valence-electron chi connectivity index (χ0n) is 13.6. The smallest absolute Gasteiger partial charge is 0.324 e. The molecule has 1 aromatic carbocycles. The number of hydrogen-bond donors (Lipinski definition) is 1. The molecule has 2 rings (SSSR count). The van der Waals surface area contributed by atoms with Crippen LogP contribution in [0.4, 0.5) is 14.5 Å². The molecule has 1 N–H and O–H groups in total. The number of carbonyl (C=O) groups is 1. The number of halogens is 2. The molecule has 2 aromatic rings. The largest absolute Gasteiger partial charge is 0.341 e. The van der Waals surface area contributed by atoms with Crippen LogP contribution >= 0.6 is 11.3 Å². The Balaban J connectivity index is 2.06. The summed E-state index contributed by atoms with van der Waals surface area (Å²) in [6.07, 6.45) is 1.72. The van der Waals surface area contributed by atoms with E-state index in [4.69, 9.17) is 0 Å². The lowest BCUT2D eigenvalue weighted by Crippen LogP contribution is -2.30. The minimum atomic E-state index is -4.80. The molecular weight excluding hydrogens is 372 g/mol. The van der Waals surface area contributed by atoms with E-state index in [-0.39, 0.29) is 12.2 Å². The Labute approximate surface area is 148 Å². The summed E-state index contributed by atoms with van der Waals surface area (Å²) >= 11 is 1.51. The van der Waals surface area contributed by atoms with E-state index >= 15 is 0 Å². The number of hydrogen-bond acceptors (Lipinski definition) is 6. The summed E-state index contributed by atoms with van der Waals surface area (Å²) in [4.78, 5) is 18.3. The third kappa shape index (κ3) is 5.03. The first-order valence-corrected chi connectivity index (χ1v) is 9.57. The molecule has 10 heteroatoms. The number of benzene rings is 1. The maximum Gasteiger partial charge on any atom is 0.341 e. The molecule has 25 heavy (non-hydrogen) atoms. The van der Waals surface area contributed by atoms with Crippen LogP contribution in [0.3, 0.4) is 0 Å². The van der Waals surface area contributed by atoms with Gasteiger partial charge in [-0.15, -0.1) is 11.3 Å². The monoisotopic (exact) mass is 389 g/mol. The Bertz CT molecular complexity index is 853. The highest BCUT2D eigenvalue weighted by molar-refractivity contribution is 7.91. The molecule has 1 amide bonds. The molecule has 0 spiro atoms. The number of anilines is 1. The zero-order chi connectivity index (χ0) is 18.6. The number of likely N-dealkylation sites (N-methyl/N-ethyl adjacent to an activating group) is 1. The molecule has 0 bridgehead atoms. The lowest BCUT2D eigenvalue weighted by Gasteiger charge is -2.16. The van der Waals surface area contributed by atoms with Crippen LogP contribution in [0.15, 0.2) is 35.4 Å². The Hall–Kier alpha value is -1.91. The van der Waals surface area contributed by atoms with Crippen LogP contribution in [-0.2, 0) is 21.2 Å². The fourth-order valence-corrected chi connectivity index (χ4v) is 3.91. The van der Waals surface area contributed by atoms with Crippen LogP contribution in [0.1, 0.15) is 9.88 Å². The molecule has 0 aliphatic heterocycles. The van der Waals surface area contributed by atoms with Gasteiger partial charge in [-0.3, -0.25) is 9.69 Å². The summed E-state index contributed by atoms with van der Waals surface area (Å²) in [5.41, 5.74) is -0.158. The van der Waals surface area contributed by atoms with E-state index in [0.29, 0.717) is 6.54 Å². The molecule has 0 aliphatic rings. The second-order valence-electron chi connectivity index (χ2n) is 5.37. The Kier molecular flexibility index (Phi) is 6.20. The molecular formula is C15H17F2N3O3S2. The zero-order valence-corrected chi connectivity index (χ0v) is 15.2. The summed E-state index contributed by atoms with van der Waals surface area (Å²) in [5, 5.41) is 3.30. The van der Waals surface area contributed by atoms with E-state index in [1.807, 2.05) is 6.92 Å². The van der Waals surface area contributed by atoms with Gasteiger partial charge in [0.05, 0.1) is 22.1 Å². The molecule has 0 fully saturated rings. The van der Waals surface area contributed by atoms with Gasteiger partial charge >= 0.3 is 5.76 Å². The van der Waals surface area contributed by atoms with Gasteiger partial charge in [0.15, 0.2) is 0 Å². The molecule has 0 saturated heterocycles. The maximum atomic E-state index is 12.8. The van der Waals surface area contributed by atoms with Crippen molar-refractivity contribution in [1.82, 2.24) is 9.88 Å². The second kappa shape index (κ2) is 7.98. The summed E-state index contributed by atoms with van der Waals surface area (Å²) in [6.45, 7) is 2.34. The van der Waals surface area contributed by atoms with Crippen molar-refractivity contribution in [3.05, 3.63) is 40.3 Å².